The second-order valence-corrected chi connectivity index (χ2v) is 14.7. The molecule has 0 aliphatic carbocycles. The van der Waals surface area contributed by atoms with Crippen LogP contribution in [0.2, 0.25) is 0 Å². The van der Waals surface area contributed by atoms with Crippen LogP contribution in [0.3, 0.4) is 0 Å². The standard InChI is InChI=1S/C56H40N2/c1-3-15-51(16-4-1)57(55-35-27-45(28-36-55)49-21-19-41-11-7-9-13-47(41)39-49)53-31-23-43(24-32-53)44-25-33-54(34-26-44)58(52-17-5-2-6-18-52)56-37-29-46(30-38-56)50-22-20-42-12-8-10-14-48(42)40-50/h1-40H. The van der Waals surface area contributed by atoms with Crippen molar-refractivity contribution in [2.24, 2.45) is 0 Å². The quantitative estimate of drug-likeness (QED) is 0.145. The summed E-state index contributed by atoms with van der Waals surface area (Å²) in [5.41, 5.74) is 13.8. The zero-order chi connectivity index (χ0) is 38.7. The molecule has 0 aromatic heterocycles. The van der Waals surface area contributed by atoms with Crippen molar-refractivity contribution in [3.8, 4) is 33.4 Å². The smallest absolute Gasteiger partial charge is 0.0462 e. The minimum atomic E-state index is 1.10. The Morgan fingerprint density at radius 3 is 0.741 bits per heavy atom. The van der Waals surface area contributed by atoms with Gasteiger partial charge >= 0.3 is 0 Å². The summed E-state index contributed by atoms with van der Waals surface area (Å²) in [5.74, 6) is 0. The maximum Gasteiger partial charge on any atom is 0.0462 e. The first-order valence-electron chi connectivity index (χ1n) is 19.8. The minimum absolute atomic E-state index is 1.10. The summed E-state index contributed by atoms with van der Waals surface area (Å²) in [5, 5.41) is 5.01. The van der Waals surface area contributed by atoms with Crippen molar-refractivity contribution in [1.29, 1.82) is 0 Å². The van der Waals surface area contributed by atoms with Gasteiger partial charge in [0.1, 0.15) is 0 Å². The van der Waals surface area contributed by atoms with Crippen LogP contribution >= 0.6 is 0 Å². The maximum absolute atomic E-state index is 2.32. The molecule has 0 spiro atoms. The second kappa shape index (κ2) is 15.5. The molecule has 10 aromatic rings. The summed E-state index contributed by atoms with van der Waals surface area (Å²) in [6.45, 7) is 0. The Morgan fingerprint density at radius 2 is 0.414 bits per heavy atom. The lowest BCUT2D eigenvalue weighted by Gasteiger charge is -2.26. The van der Waals surface area contributed by atoms with Gasteiger partial charge in [0.05, 0.1) is 0 Å². The number of anilines is 6. The van der Waals surface area contributed by atoms with E-state index in [9.17, 15) is 0 Å². The number of fused-ring (bicyclic) bond motifs is 2. The van der Waals surface area contributed by atoms with Gasteiger partial charge in [0, 0.05) is 34.1 Å². The third-order valence-electron chi connectivity index (χ3n) is 11.0. The monoisotopic (exact) mass is 740 g/mol. The van der Waals surface area contributed by atoms with E-state index < -0.39 is 0 Å². The van der Waals surface area contributed by atoms with Gasteiger partial charge in [-0.3, -0.25) is 0 Å². The molecule has 10 aromatic carbocycles. The molecule has 0 heterocycles. The van der Waals surface area contributed by atoms with E-state index in [0.717, 1.165) is 34.1 Å². The van der Waals surface area contributed by atoms with Crippen LogP contribution in [-0.4, -0.2) is 0 Å². The van der Waals surface area contributed by atoms with Gasteiger partial charge in [-0.15, -0.1) is 0 Å². The zero-order valence-corrected chi connectivity index (χ0v) is 32.0. The first-order chi connectivity index (χ1) is 28.7. The van der Waals surface area contributed by atoms with Crippen molar-refractivity contribution in [3.05, 3.63) is 243 Å². The number of benzene rings is 10. The number of hydrogen-bond acceptors (Lipinski definition) is 2. The highest BCUT2D eigenvalue weighted by molar-refractivity contribution is 5.89. The Hall–Kier alpha value is -7.68. The van der Waals surface area contributed by atoms with Crippen LogP contribution in [0.5, 0.6) is 0 Å². The van der Waals surface area contributed by atoms with Crippen molar-refractivity contribution >= 4 is 55.7 Å². The molecule has 0 aliphatic rings. The summed E-state index contributed by atoms with van der Waals surface area (Å²) in [6.07, 6.45) is 0. The molecule has 0 saturated carbocycles. The van der Waals surface area contributed by atoms with Crippen molar-refractivity contribution < 1.29 is 0 Å². The molecular formula is C56H40N2. The Bertz CT molecular complexity index is 2750. The SMILES string of the molecule is c1ccc(N(c2ccc(-c3ccc(N(c4ccccc4)c4ccc(-c5ccc6ccccc6c5)cc4)cc3)cc2)c2ccc(-c3ccc4ccccc4c3)cc2)cc1. The molecule has 2 heteroatoms. The van der Waals surface area contributed by atoms with Crippen LogP contribution in [-0.2, 0) is 0 Å². The molecule has 0 saturated heterocycles. The molecule has 0 bridgehead atoms. The molecule has 274 valence electrons. The molecular weight excluding hydrogens is 701 g/mol. The van der Waals surface area contributed by atoms with Gasteiger partial charge in [-0.25, -0.2) is 0 Å². The van der Waals surface area contributed by atoms with Crippen molar-refractivity contribution in [2.45, 2.75) is 0 Å². The van der Waals surface area contributed by atoms with E-state index in [0.29, 0.717) is 0 Å². The fraction of sp³-hybridized carbons (Fsp3) is 0. The van der Waals surface area contributed by atoms with E-state index >= 15 is 0 Å². The van der Waals surface area contributed by atoms with Crippen LogP contribution < -0.4 is 9.80 Å². The van der Waals surface area contributed by atoms with Gasteiger partial charge in [-0.05, 0) is 140 Å². The average molecular weight is 741 g/mol. The third kappa shape index (κ3) is 7.00. The van der Waals surface area contributed by atoms with E-state index in [1.165, 1.54) is 54.9 Å². The van der Waals surface area contributed by atoms with Crippen molar-refractivity contribution in [2.75, 3.05) is 9.80 Å². The van der Waals surface area contributed by atoms with Gasteiger partial charge in [0.25, 0.3) is 0 Å². The summed E-state index contributed by atoms with van der Waals surface area (Å²) < 4.78 is 0. The molecule has 0 fully saturated rings. The fourth-order valence-electron chi connectivity index (χ4n) is 8.00. The van der Waals surface area contributed by atoms with Gasteiger partial charge in [-0.1, -0.05) is 158 Å². The van der Waals surface area contributed by atoms with Gasteiger partial charge in [-0.2, -0.15) is 0 Å². The first-order valence-corrected chi connectivity index (χ1v) is 19.8. The molecule has 0 atom stereocenters. The van der Waals surface area contributed by atoms with E-state index in [2.05, 4.69) is 252 Å². The number of para-hydroxylation sites is 2. The van der Waals surface area contributed by atoms with E-state index in [4.69, 9.17) is 0 Å². The molecule has 0 unspecified atom stereocenters. The molecule has 0 N–H and O–H groups in total. The highest BCUT2D eigenvalue weighted by Gasteiger charge is 2.15. The maximum atomic E-state index is 2.32. The number of rotatable bonds is 9. The Labute approximate surface area is 340 Å². The summed E-state index contributed by atoms with van der Waals surface area (Å²) >= 11 is 0. The fourth-order valence-corrected chi connectivity index (χ4v) is 8.00. The highest BCUT2D eigenvalue weighted by atomic mass is 15.1. The van der Waals surface area contributed by atoms with Gasteiger partial charge < -0.3 is 9.80 Å². The lowest BCUT2D eigenvalue weighted by atomic mass is 10.0. The van der Waals surface area contributed by atoms with Crippen LogP contribution in [0.1, 0.15) is 0 Å². The van der Waals surface area contributed by atoms with Gasteiger partial charge in [0.15, 0.2) is 0 Å². The lowest BCUT2D eigenvalue weighted by molar-refractivity contribution is 1.28. The van der Waals surface area contributed by atoms with E-state index in [-0.39, 0.29) is 0 Å². The summed E-state index contributed by atoms with van der Waals surface area (Å²) in [6, 6.07) is 87.2. The van der Waals surface area contributed by atoms with Crippen LogP contribution in [0.4, 0.5) is 34.1 Å². The summed E-state index contributed by atoms with van der Waals surface area (Å²) in [4.78, 5) is 4.64. The molecule has 0 radical (unpaired) electrons. The predicted molar refractivity (Wildman–Crippen MR) is 247 cm³/mol. The van der Waals surface area contributed by atoms with E-state index in [1.807, 2.05) is 0 Å². The normalized spacial score (nSPS) is 11.1. The molecule has 2 nitrogen and oxygen atoms in total. The Kier molecular flexibility index (Phi) is 9.27. The molecule has 0 aliphatic heterocycles. The second-order valence-electron chi connectivity index (χ2n) is 14.7. The Morgan fingerprint density at radius 1 is 0.172 bits per heavy atom. The lowest BCUT2D eigenvalue weighted by Crippen LogP contribution is -2.10. The molecule has 10 rings (SSSR count). The minimum Gasteiger partial charge on any atom is -0.311 e. The third-order valence-corrected chi connectivity index (χ3v) is 11.0. The number of hydrogen-bond donors (Lipinski definition) is 0. The topological polar surface area (TPSA) is 6.48 Å². The van der Waals surface area contributed by atoms with Crippen LogP contribution in [0.25, 0.3) is 54.9 Å². The van der Waals surface area contributed by atoms with Crippen LogP contribution in [0, 0.1) is 0 Å². The Balaban J connectivity index is 0.921. The first kappa shape index (κ1) is 34.8. The average Bonchev–Trinajstić information content (AvgIpc) is 3.30. The van der Waals surface area contributed by atoms with Gasteiger partial charge in [0.2, 0.25) is 0 Å². The summed E-state index contributed by atoms with van der Waals surface area (Å²) in [7, 11) is 0. The highest BCUT2D eigenvalue weighted by Crippen LogP contribution is 2.39. The largest absolute Gasteiger partial charge is 0.311 e. The van der Waals surface area contributed by atoms with Crippen LogP contribution in [0.15, 0.2) is 243 Å². The zero-order valence-electron chi connectivity index (χ0n) is 32.0. The number of nitrogens with zero attached hydrogens (tertiary/aromatic N) is 2. The van der Waals surface area contributed by atoms with E-state index in [1.54, 1.807) is 0 Å². The van der Waals surface area contributed by atoms with Crippen molar-refractivity contribution in [1.82, 2.24) is 0 Å². The molecule has 0 amide bonds. The van der Waals surface area contributed by atoms with Crippen molar-refractivity contribution in [3.63, 3.8) is 0 Å². The predicted octanol–water partition coefficient (Wildman–Crippen LogP) is 15.9. The molecule has 58 heavy (non-hydrogen) atoms.